The molecule has 7 heteroatoms. The molecule has 1 aromatic heterocycles. The maximum Gasteiger partial charge on any atom is 0.136 e. The maximum absolute atomic E-state index is 6.02. The zero-order valence-electron chi connectivity index (χ0n) is 16.8. The van der Waals surface area contributed by atoms with Gasteiger partial charge in [-0.1, -0.05) is 69.8 Å². The molecule has 0 radical (unpaired) electrons. The molecule has 0 aliphatic carbocycles. The third-order valence-corrected chi connectivity index (χ3v) is 6.84. The van der Waals surface area contributed by atoms with E-state index in [0.717, 1.165) is 62.4 Å². The number of halogens is 4. The van der Waals surface area contributed by atoms with E-state index in [2.05, 4.69) is 75.9 Å². The number of nitrogen functional groups attached to an aromatic ring is 1. The van der Waals surface area contributed by atoms with Crippen LogP contribution in [0.5, 0.6) is 5.75 Å². The first kappa shape index (κ1) is 23.4. The van der Waals surface area contributed by atoms with Crippen LogP contribution in [0.2, 0.25) is 0 Å². The zero-order chi connectivity index (χ0) is 22.8. The molecule has 1 heterocycles. The maximum atomic E-state index is 6.02. The van der Waals surface area contributed by atoms with Gasteiger partial charge in [-0.25, -0.2) is 0 Å². The second-order valence-corrected chi connectivity index (χ2v) is 10.6. The molecule has 0 spiro atoms. The fourth-order valence-electron chi connectivity index (χ4n) is 3.39. The highest BCUT2D eigenvalue weighted by Gasteiger charge is 2.10. The molecule has 32 heavy (non-hydrogen) atoms. The highest BCUT2D eigenvalue weighted by molar-refractivity contribution is 9.11. The predicted octanol–water partition coefficient (Wildman–Crippen LogP) is 9.58. The van der Waals surface area contributed by atoms with Crippen molar-refractivity contribution in [3.05, 3.63) is 90.7 Å². The first-order chi connectivity index (χ1) is 15.4. The molecule has 0 atom stereocenters. The van der Waals surface area contributed by atoms with Crippen molar-refractivity contribution >= 4 is 91.3 Å². The van der Waals surface area contributed by atoms with Crippen LogP contribution < -0.4 is 10.5 Å². The van der Waals surface area contributed by atoms with Crippen LogP contribution in [-0.4, -0.2) is 7.11 Å². The van der Waals surface area contributed by atoms with Crippen molar-refractivity contribution in [1.82, 2.24) is 0 Å². The van der Waals surface area contributed by atoms with E-state index >= 15 is 0 Å². The average molecular weight is 683 g/mol. The third-order valence-electron chi connectivity index (χ3n) is 4.86. The van der Waals surface area contributed by atoms with Crippen LogP contribution in [0.25, 0.3) is 33.1 Å². The van der Waals surface area contributed by atoms with Gasteiger partial charge in [0.2, 0.25) is 0 Å². The molecule has 3 nitrogen and oxygen atoms in total. The Morgan fingerprint density at radius 1 is 0.625 bits per heavy atom. The Morgan fingerprint density at radius 3 is 1.62 bits per heavy atom. The molecule has 162 valence electrons. The number of fused-ring (bicyclic) bond motifs is 3. The molecule has 0 fully saturated rings. The van der Waals surface area contributed by atoms with E-state index < -0.39 is 0 Å². The highest BCUT2D eigenvalue weighted by Crippen LogP contribution is 2.36. The van der Waals surface area contributed by atoms with Gasteiger partial charge >= 0.3 is 0 Å². The quantitative estimate of drug-likeness (QED) is 0.189. The summed E-state index contributed by atoms with van der Waals surface area (Å²) in [6.45, 7) is 0. The molecule has 0 unspecified atom stereocenters. The van der Waals surface area contributed by atoms with Crippen molar-refractivity contribution in [3.8, 4) is 16.9 Å². The normalized spacial score (nSPS) is 10.8. The summed E-state index contributed by atoms with van der Waals surface area (Å²) in [5, 5.41) is 2.31. The lowest BCUT2D eigenvalue weighted by Crippen LogP contribution is -1.93. The minimum atomic E-state index is 0.722. The molecule has 0 bridgehead atoms. The predicted molar refractivity (Wildman–Crippen MR) is 147 cm³/mol. The van der Waals surface area contributed by atoms with Crippen molar-refractivity contribution in [2.75, 3.05) is 12.8 Å². The van der Waals surface area contributed by atoms with Gasteiger partial charge in [-0.2, -0.15) is 0 Å². The molecule has 0 aliphatic rings. The van der Waals surface area contributed by atoms with Crippen LogP contribution in [0.4, 0.5) is 5.69 Å². The average Bonchev–Trinajstić information content (AvgIpc) is 3.10. The number of hydrogen-bond acceptors (Lipinski definition) is 3. The molecular weight excluding hydrogens is 666 g/mol. The third kappa shape index (κ3) is 5.06. The molecule has 0 amide bonds. The van der Waals surface area contributed by atoms with Crippen molar-refractivity contribution < 1.29 is 9.15 Å². The van der Waals surface area contributed by atoms with E-state index in [4.69, 9.17) is 14.9 Å². The van der Waals surface area contributed by atoms with E-state index in [1.807, 2.05) is 60.7 Å². The number of benzene rings is 4. The summed E-state index contributed by atoms with van der Waals surface area (Å²) in [5.74, 6) is 0.799. The van der Waals surface area contributed by atoms with E-state index in [0.29, 0.717) is 0 Å². The summed E-state index contributed by atoms with van der Waals surface area (Å²) in [4.78, 5) is 0. The summed E-state index contributed by atoms with van der Waals surface area (Å²) < 4.78 is 15.1. The van der Waals surface area contributed by atoms with Gasteiger partial charge in [0.05, 0.1) is 7.11 Å². The lowest BCUT2D eigenvalue weighted by molar-refractivity contribution is 0.416. The molecule has 2 N–H and O–H groups in total. The van der Waals surface area contributed by atoms with Gasteiger partial charge in [0.15, 0.2) is 0 Å². The number of hydrogen-bond donors (Lipinski definition) is 1. The van der Waals surface area contributed by atoms with Crippen molar-refractivity contribution in [1.29, 1.82) is 0 Å². The van der Waals surface area contributed by atoms with Crippen LogP contribution >= 0.6 is 63.7 Å². The number of methoxy groups -OCH3 is 1. The SMILES string of the molecule is Brc1ccc2c(c1)oc1cc(Br)ccc12.COc1cc(Br)ccc1-c1ccc(Br)cc1N. The number of furan rings is 1. The van der Waals surface area contributed by atoms with E-state index in [-0.39, 0.29) is 0 Å². The Morgan fingerprint density at radius 2 is 1.09 bits per heavy atom. The van der Waals surface area contributed by atoms with Gasteiger partial charge in [0.25, 0.3) is 0 Å². The fourth-order valence-corrected chi connectivity index (χ4v) is 4.79. The summed E-state index contributed by atoms with van der Waals surface area (Å²) in [5.41, 5.74) is 10.5. The van der Waals surface area contributed by atoms with Gasteiger partial charge in [-0.3, -0.25) is 0 Å². The van der Waals surface area contributed by atoms with Gasteiger partial charge in [-0.05, 0) is 66.7 Å². The first-order valence-electron chi connectivity index (χ1n) is 9.52. The van der Waals surface area contributed by atoms with Crippen LogP contribution in [0.1, 0.15) is 0 Å². The smallest absolute Gasteiger partial charge is 0.136 e. The van der Waals surface area contributed by atoms with Gasteiger partial charge < -0.3 is 14.9 Å². The Balaban J connectivity index is 0.000000154. The summed E-state index contributed by atoms with van der Waals surface area (Å²) in [6, 6.07) is 23.9. The lowest BCUT2D eigenvalue weighted by atomic mass is 10.0. The molecular formula is C25H17Br4NO2. The summed E-state index contributed by atoms with van der Waals surface area (Å²) >= 11 is 13.7. The Bertz CT molecular complexity index is 1370. The lowest BCUT2D eigenvalue weighted by Gasteiger charge is -2.11. The van der Waals surface area contributed by atoms with Gasteiger partial charge in [-0.15, -0.1) is 0 Å². The minimum absolute atomic E-state index is 0.722. The van der Waals surface area contributed by atoms with Crippen molar-refractivity contribution in [3.63, 3.8) is 0 Å². The Kier molecular flexibility index (Phi) is 7.30. The minimum Gasteiger partial charge on any atom is -0.496 e. The summed E-state index contributed by atoms with van der Waals surface area (Å²) in [7, 11) is 1.65. The number of anilines is 1. The molecule has 0 saturated heterocycles. The van der Waals surface area contributed by atoms with Crippen LogP contribution in [0.15, 0.2) is 95.1 Å². The van der Waals surface area contributed by atoms with Crippen molar-refractivity contribution in [2.45, 2.75) is 0 Å². The highest BCUT2D eigenvalue weighted by atomic mass is 79.9. The Hall–Kier alpha value is -1.80. The second-order valence-electron chi connectivity index (χ2n) is 6.96. The van der Waals surface area contributed by atoms with Gasteiger partial charge in [0.1, 0.15) is 16.9 Å². The van der Waals surface area contributed by atoms with Crippen LogP contribution in [0, 0.1) is 0 Å². The largest absolute Gasteiger partial charge is 0.496 e. The van der Waals surface area contributed by atoms with Crippen LogP contribution in [0.3, 0.4) is 0 Å². The fraction of sp³-hybridized carbons (Fsp3) is 0.0400. The molecule has 0 saturated carbocycles. The topological polar surface area (TPSA) is 48.4 Å². The number of nitrogens with two attached hydrogens (primary N) is 1. The molecule has 4 aromatic carbocycles. The van der Waals surface area contributed by atoms with E-state index in [1.54, 1.807) is 7.11 Å². The second kappa shape index (κ2) is 10.00. The molecule has 0 aliphatic heterocycles. The van der Waals surface area contributed by atoms with Crippen LogP contribution in [-0.2, 0) is 0 Å². The van der Waals surface area contributed by atoms with Crippen molar-refractivity contribution in [2.24, 2.45) is 0 Å². The van der Waals surface area contributed by atoms with E-state index in [9.17, 15) is 0 Å². The molecule has 5 rings (SSSR count). The standard InChI is InChI=1S/C13H11Br2NO.C12H6Br2O/c1-17-13-7-9(15)3-5-11(13)10-4-2-8(14)6-12(10)16;13-7-1-3-9-10-4-2-8(14)6-12(10)15-11(9)5-7/h2-7H,16H2,1H3;1-6H. The number of rotatable bonds is 2. The summed E-state index contributed by atoms with van der Waals surface area (Å²) in [6.07, 6.45) is 0. The van der Waals surface area contributed by atoms with E-state index in [1.165, 1.54) is 0 Å². The van der Waals surface area contributed by atoms with Gasteiger partial charge in [0, 0.05) is 45.5 Å². The first-order valence-corrected chi connectivity index (χ1v) is 12.7. The Labute approximate surface area is 219 Å². The zero-order valence-corrected chi connectivity index (χ0v) is 23.2. The molecule has 5 aromatic rings. The monoisotopic (exact) mass is 679 g/mol. The number of ether oxygens (including phenoxy) is 1.